The van der Waals surface area contributed by atoms with E-state index in [1.807, 2.05) is 21.1 Å². The molecule has 0 saturated heterocycles. The highest BCUT2D eigenvalue weighted by molar-refractivity contribution is 7.47. The summed E-state index contributed by atoms with van der Waals surface area (Å²) < 4.78 is 27.3. The van der Waals surface area contributed by atoms with Crippen LogP contribution in [0.5, 0.6) is 0 Å². The van der Waals surface area contributed by atoms with Gasteiger partial charge >= 0.3 is 13.8 Å². The second kappa shape index (κ2) is 44.1. The van der Waals surface area contributed by atoms with Crippen LogP contribution in [-0.2, 0) is 23.1 Å². The van der Waals surface area contributed by atoms with Crippen molar-refractivity contribution >= 4 is 13.8 Å². The molecule has 59 heavy (non-hydrogen) atoms. The van der Waals surface area contributed by atoms with Gasteiger partial charge in [0.05, 0.1) is 27.7 Å². The summed E-state index contributed by atoms with van der Waals surface area (Å²) >= 11 is 0. The van der Waals surface area contributed by atoms with Gasteiger partial charge in [-0.2, -0.15) is 0 Å². The van der Waals surface area contributed by atoms with Crippen LogP contribution in [-0.4, -0.2) is 74.1 Å². The number of hydrogen-bond acceptors (Lipinski definition) is 6. The number of quaternary nitrogens is 1. The lowest BCUT2D eigenvalue weighted by atomic mass is 10.0. The largest absolute Gasteiger partial charge is 0.472 e. The van der Waals surface area contributed by atoms with Crippen LogP contribution in [0.1, 0.15) is 264 Å². The van der Waals surface area contributed by atoms with Crippen molar-refractivity contribution in [2.75, 3.05) is 47.5 Å². The summed E-state index contributed by atoms with van der Waals surface area (Å²) in [5.41, 5.74) is 0. The van der Waals surface area contributed by atoms with Crippen molar-refractivity contribution in [2.24, 2.45) is 0 Å². The highest BCUT2D eigenvalue weighted by Crippen LogP contribution is 2.43. The fourth-order valence-corrected chi connectivity index (χ4v) is 8.59. The van der Waals surface area contributed by atoms with Gasteiger partial charge in [-0.3, -0.25) is 13.8 Å². The molecule has 0 aliphatic heterocycles. The normalized spacial score (nSPS) is 13.5. The molecule has 0 fully saturated rings. The van der Waals surface area contributed by atoms with Crippen LogP contribution in [0.2, 0.25) is 0 Å². The maximum Gasteiger partial charge on any atom is 0.472 e. The fourth-order valence-electron chi connectivity index (χ4n) is 7.84. The zero-order valence-corrected chi connectivity index (χ0v) is 40.9. The standard InChI is InChI=1S/C50H102NO7P/c1-5-6-7-8-9-10-11-12-13-14-15-16-17-18-19-20-21-22-23-24-25-26-27-28-29-30-31-32-33-34-35-36-37-38-39-40-41-42-43-44-50(53)56-47-49(52)48-58-59(54,55)57-46-45-51(2,3)4/h49,52H,5-48H2,1-4H3/p+1. The Bertz CT molecular complexity index is 914. The first kappa shape index (κ1) is 58.5. The Labute approximate surface area is 367 Å². The Balaban J connectivity index is 3.25. The summed E-state index contributed by atoms with van der Waals surface area (Å²) in [6.45, 7) is 2.19. The number of aliphatic hydroxyl groups is 1. The molecule has 0 amide bonds. The third-order valence-electron chi connectivity index (χ3n) is 11.9. The van der Waals surface area contributed by atoms with Crippen molar-refractivity contribution in [1.29, 1.82) is 0 Å². The van der Waals surface area contributed by atoms with Gasteiger partial charge in [-0.05, 0) is 6.42 Å². The lowest BCUT2D eigenvalue weighted by Gasteiger charge is -2.24. The third kappa shape index (κ3) is 50.0. The van der Waals surface area contributed by atoms with Crippen LogP contribution in [0.4, 0.5) is 0 Å². The highest BCUT2D eigenvalue weighted by Gasteiger charge is 2.24. The second-order valence-corrected chi connectivity index (χ2v) is 20.6. The van der Waals surface area contributed by atoms with E-state index in [-0.39, 0.29) is 19.2 Å². The summed E-state index contributed by atoms with van der Waals surface area (Å²) in [4.78, 5) is 21.7. The maximum absolute atomic E-state index is 12.0. The summed E-state index contributed by atoms with van der Waals surface area (Å²) in [5.74, 6) is -0.364. The molecule has 354 valence electrons. The number of rotatable bonds is 49. The first-order valence-corrected chi connectivity index (χ1v) is 27.3. The van der Waals surface area contributed by atoms with Gasteiger partial charge in [0.25, 0.3) is 0 Å². The van der Waals surface area contributed by atoms with E-state index in [1.54, 1.807) is 0 Å². The number of carbonyl (C=O) groups excluding carboxylic acids is 1. The number of hydrogen-bond donors (Lipinski definition) is 2. The van der Waals surface area contributed by atoms with Gasteiger partial charge in [0.1, 0.15) is 25.9 Å². The number of carbonyl (C=O) groups is 1. The molecule has 0 heterocycles. The van der Waals surface area contributed by atoms with Crippen LogP contribution in [0.25, 0.3) is 0 Å². The summed E-state index contributed by atoms with van der Waals surface area (Å²) in [5, 5.41) is 9.93. The van der Waals surface area contributed by atoms with Crippen molar-refractivity contribution in [1.82, 2.24) is 0 Å². The number of likely N-dealkylation sites (N-methyl/N-ethyl adjacent to an activating group) is 1. The molecule has 0 aromatic heterocycles. The Morgan fingerprint density at radius 1 is 0.458 bits per heavy atom. The molecule has 0 saturated carbocycles. The van der Waals surface area contributed by atoms with Gasteiger partial charge in [-0.1, -0.05) is 251 Å². The van der Waals surface area contributed by atoms with E-state index < -0.39 is 20.5 Å². The van der Waals surface area contributed by atoms with Gasteiger partial charge in [0.2, 0.25) is 0 Å². The van der Waals surface area contributed by atoms with Crippen molar-refractivity contribution in [3.05, 3.63) is 0 Å². The molecule has 2 N–H and O–H groups in total. The minimum Gasteiger partial charge on any atom is -0.463 e. The van der Waals surface area contributed by atoms with Gasteiger partial charge in [-0.15, -0.1) is 0 Å². The Morgan fingerprint density at radius 2 is 0.729 bits per heavy atom. The van der Waals surface area contributed by atoms with Crippen molar-refractivity contribution in [3.63, 3.8) is 0 Å². The van der Waals surface area contributed by atoms with Crippen LogP contribution >= 0.6 is 7.82 Å². The summed E-state index contributed by atoms with van der Waals surface area (Å²) in [6, 6.07) is 0. The predicted octanol–water partition coefficient (Wildman–Crippen LogP) is 15.4. The first-order chi connectivity index (χ1) is 28.6. The number of aliphatic hydroxyl groups excluding tert-OH is 1. The average molecular weight is 861 g/mol. The average Bonchev–Trinajstić information content (AvgIpc) is 3.19. The van der Waals surface area contributed by atoms with E-state index in [2.05, 4.69) is 6.92 Å². The third-order valence-corrected chi connectivity index (χ3v) is 12.9. The number of nitrogens with zero attached hydrogens (tertiary/aromatic N) is 1. The second-order valence-electron chi connectivity index (χ2n) is 19.1. The van der Waals surface area contributed by atoms with Crippen LogP contribution in [0.3, 0.4) is 0 Å². The first-order valence-electron chi connectivity index (χ1n) is 25.8. The number of phosphoric ester groups is 1. The van der Waals surface area contributed by atoms with Gasteiger partial charge < -0.3 is 19.2 Å². The quantitative estimate of drug-likeness (QED) is 0.0272. The Morgan fingerprint density at radius 3 is 1.00 bits per heavy atom. The minimum absolute atomic E-state index is 0.0577. The molecular weight excluding hydrogens is 758 g/mol. The molecule has 9 heteroatoms. The van der Waals surface area contributed by atoms with Crippen molar-refractivity contribution in [3.8, 4) is 0 Å². The van der Waals surface area contributed by atoms with Crippen molar-refractivity contribution < 1.29 is 37.6 Å². The van der Waals surface area contributed by atoms with E-state index in [0.717, 1.165) is 19.3 Å². The smallest absolute Gasteiger partial charge is 0.463 e. The lowest BCUT2D eigenvalue weighted by Crippen LogP contribution is -2.37. The monoisotopic (exact) mass is 861 g/mol. The summed E-state index contributed by atoms with van der Waals surface area (Å²) in [7, 11) is 1.58. The topological polar surface area (TPSA) is 102 Å². The Hall–Kier alpha value is -0.500. The van der Waals surface area contributed by atoms with Crippen LogP contribution in [0.15, 0.2) is 0 Å². The summed E-state index contributed by atoms with van der Waals surface area (Å²) in [6.07, 6.45) is 53.5. The van der Waals surface area contributed by atoms with Crippen LogP contribution in [0, 0.1) is 0 Å². The van der Waals surface area contributed by atoms with Crippen LogP contribution < -0.4 is 0 Å². The molecule has 0 aliphatic carbocycles. The molecule has 0 rings (SSSR count). The van der Waals surface area contributed by atoms with E-state index in [4.69, 9.17) is 13.8 Å². The molecule has 0 aromatic rings. The predicted molar refractivity (Wildman–Crippen MR) is 252 cm³/mol. The zero-order valence-electron chi connectivity index (χ0n) is 40.0. The van der Waals surface area contributed by atoms with Crippen molar-refractivity contribution in [2.45, 2.75) is 270 Å². The number of esters is 1. The fraction of sp³-hybridized carbons (Fsp3) is 0.980. The van der Waals surface area contributed by atoms with Gasteiger partial charge in [0, 0.05) is 6.42 Å². The molecule has 0 aromatic carbocycles. The highest BCUT2D eigenvalue weighted by atomic mass is 31.2. The molecule has 0 bridgehead atoms. The van der Waals surface area contributed by atoms with E-state index in [1.165, 1.54) is 231 Å². The molecule has 2 unspecified atom stereocenters. The Kier molecular flexibility index (Phi) is 43.7. The van der Waals surface area contributed by atoms with E-state index >= 15 is 0 Å². The van der Waals surface area contributed by atoms with E-state index in [9.17, 15) is 19.4 Å². The van der Waals surface area contributed by atoms with Gasteiger partial charge in [-0.25, -0.2) is 4.57 Å². The molecule has 8 nitrogen and oxygen atoms in total. The minimum atomic E-state index is -4.25. The molecule has 2 atom stereocenters. The molecule has 0 aliphatic rings. The van der Waals surface area contributed by atoms with E-state index in [0.29, 0.717) is 17.4 Å². The maximum atomic E-state index is 12.0. The zero-order chi connectivity index (χ0) is 43.4. The number of unbranched alkanes of at least 4 members (excludes halogenated alkanes) is 38. The number of ether oxygens (including phenoxy) is 1. The lowest BCUT2D eigenvalue weighted by molar-refractivity contribution is -0.870. The number of phosphoric acid groups is 1. The molecule has 0 radical (unpaired) electrons. The molecule has 0 spiro atoms. The SMILES string of the molecule is CCCCCCCCCCCCCCCCCCCCCCCCCCCCCCCCCCCCCCCCCC(=O)OCC(O)COP(=O)(O)OCC[N+](C)(C)C. The molecular formula is C50H103NO7P+. The van der Waals surface area contributed by atoms with Gasteiger partial charge in [0.15, 0.2) is 0 Å².